The summed E-state index contributed by atoms with van der Waals surface area (Å²) in [5.41, 5.74) is 9.81. The van der Waals surface area contributed by atoms with Gasteiger partial charge in [0.1, 0.15) is 11.5 Å². The third-order valence-electron chi connectivity index (χ3n) is 3.70. The first-order valence-corrected chi connectivity index (χ1v) is 6.58. The molecule has 1 aromatic rings. The molecule has 1 aromatic heterocycles. The van der Waals surface area contributed by atoms with Crippen LogP contribution in [0.5, 0.6) is 0 Å². The molecule has 1 saturated heterocycles. The van der Waals surface area contributed by atoms with E-state index in [1.54, 1.807) is 4.90 Å². The quantitative estimate of drug-likeness (QED) is 0.883. The van der Waals surface area contributed by atoms with Gasteiger partial charge >= 0.3 is 6.18 Å². The second-order valence-corrected chi connectivity index (χ2v) is 5.27. The van der Waals surface area contributed by atoms with Crippen molar-refractivity contribution in [3.8, 4) is 0 Å². The Labute approximate surface area is 120 Å². The number of nitrogens with two attached hydrogens (primary N) is 2. The molecule has 0 spiro atoms. The number of carbonyl (C=O) groups is 1. The van der Waals surface area contributed by atoms with Crippen molar-refractivity contribution in [3.05, 3.63) is 23.4 Å². The summed E-state index contributed by atoms with van der Waals surface area (Å²) in [5, 5.41) is 0. The Kier molecular flexibility index (Phi) is 4.08. The number of aromatic nitrogens is 1. The number of halogens is 3. The van der Waals surface area contributed by atoms with Crippen molar-refractivity contribution in [2.75, 3.05) is 18.0 Å². The zero-order valence-corrected chi connectivity index (χ0v) is 11.5. The first kappa shape index (κ1) is 15.6. The summed E-state index contributed by atoms with van der Waals surface area (Å²) >= 11 is 0. The predicted octanol–water partition coefficient (Wildman–Crippen LogP) is 1.37. The van der Waals surface area contributed by atoms with E-state index in [0.29, 0.717) is 13.1 Å². The summed E-state index contributed by atoms with van der Waals surface area (Å²) in [6, 6.07) is 1.80. The molecule has 2 rings (SSSR count). The van der Waals surface area contributed by atoms with Gasteiger partial charge in [-0.2, -0.15) is 13.2 Å². The molecule has 1 aliphatic rings. The van der Waals surface area contributed by atoms with Gasteiger partial charge in [-0.15, -0.1) is 0 Å². The maximum Gasteiger partial charge on any atom is 0.433 e. The molecule has 116 valence electrons. The van der Waals surface area contributed by atoms with Crippen LogP contribution >= 0.6 is 0 Å². The van der Waals surface area contributed by atoms with E-state index in [0.717, 1.165) is 18.6 Å². The molecule has 4 N–H and O–H groups in total. The van der Waals surface area contributed by atoms with Gasteiger partial charge in [-0.05, 0) is 37.9 Å². The fourth-order valence-electron chi connectivity index (χ4n) is 2.63. The topological polar surface area (TPSA) is 85.2 Å². The van der Waals surface area contributed by atoms with Crippen LogP contribution in [0.3, 0.4) is 0 Å². The summed E-state index contributed by atoms with van der Waals surface area (Å²) in [4.78, 5) is 16.7. The van der Waals surface area contributed by atoms with Gasteiger partial charge in [0, 0.05) is 12.6 Å². The molecule has 1 aliphatic heterocycles. The normalized spacial score (nSPS) is 22.6. The van der Waals surface area contributed by atoms with Crippen LogP contribution in [0.1, 0.15) is 29.4 Å². The molecule has 2 atom stereocenters. The minimum absolute atomic E-state index is 0.00692. The van der Waals surface area contributed by atoms with Gasteiger partial charge in [-0.1, -0.05) is 0 Å². The smallest absolute Gasteiger partial charge is 0.365 e. The Morgan fingerprint density at radius 2 is 2.14 bits per heavy atom. The lowest BCUT2D eigenvalue weighted by atomic mass is 10.1. The maximum atomic E-state index is 12.8. The van der Waals surface area contributed by atoms with Crippen LogP contribution in [0.2, 0.25) is 0 Å². The number of nitrogens with zero attached hydrogens (tertiary/aromatic N) is 2. The average molecular weight is 302 g/mol. The van der Waals surface area contributed by atoms with Crippen LogP contribution in [0.25, 0.3) is 0 Å². The lowest BCUT2D eigenvalue weighted by molar-refractivity contribution is -0.141. The summed E-state index contributed by atoms with van der Waals surface area (Å²) in [6.45, 7) is 2.76. The number of alkyl halides is 3. The SMILES string of the molecule is CC1CC(CN)CN1c1nc(C(F)(F)F)ccc1C(N)=O. The Morgan fingerprint density at radius 1 is 1.48 bits per heavy atom. The molecular weight excluding hydrogens is 285 g/mol. The number of pyridine rings is 1. The number of rotatable bonds is 3. The minimum Gasteiger partial charge on any atom is -0.365 e. The second kappa shape index (κ2) is 5.51. The van der Waals surface area contributed by atoms with Gasteiger partial charge in [0.2, 0.25) is 0 Å². The lowest BCUT2D eigenvalue weighted by Gasteiger charge is -2.25. The summed E-state index contributed by atoms with van der Waals surface area (Å²) in [6.07, 6.45) is -3.83. The molecule has 0 aromatic carbocycles. The van der Waals surface area contributed by atoms with Crippen LogP contribution in [0.4, 0.5) is 19.0 Å². The largest absolute Gasteiger partial charge is 0.433 e. The molecule has 21 heavy (non-hydrogen) atoms. The molecule has 1 amide bonds. The Morgan fingerprint density at radius 3 is 2.62 bits per heavy atom. The van der Waals surface area contributed by atoms with Crippen LogP contribution in [-0.2, 0) is 6.18 Å². The molecule has 0 radical (unpaired) electrons. The fraction of sp³-hybridized carbons (Fsp3) is 0.538. The van der Waals surface area contributed by atoms with Crippen molar-refractivity contribution in [2.45, 2.75) is 25.6 Å². The van der Waals surface area contributed by atoms with E-state index in [4.69, 9.17) is 11.5 Å². The Bertz CT molecular complexity index is 547. The van der Waals surface area contributed by atoms with E-state index in [1.165, 1.54) is 0 Å². The maximum absolute atomic E-state index is 12.8. The van der Waals surface area contributed by atoms with Gasteiger partial charge in [0.15, 0.2) is 0 Å². The van der Waals surface area contributed by atoms with Crippen molar-refractivity contribution in [3.63, 3.8) is 0 Å². The lowest BCUT2D eigenvalue weighted by Crippen LogP contribution is -2.32. The molecular formula is C13H17F3N4O. The van der Waals surface area contributed by atoms with E-state index in [9.17, 15) is 18.0 Å². The molecule has 2 unspecified atom stereocenters. The highest BCUT2D eigenvalue weighted by atomic mass is 19.4. The van der Waals surface area contributed by atoms with Gasteiger partial charge < -0.3 is 16.4 Å². The minimum atomic E-state index is -4.57. The van der Waals surface area contributed by atoms with Crippen molar-refractivity contribution in [1.29, 1.82) is 0 Å². The van der Waals surface area contributed by atoms with E-state index >= 15 is 0 Å². The van der Waals surface area contributed by atoms with Crippen LogP contribution in [-0.4, -0.2) is 30.0 Å². The highest BCUT2D eigenvalue weighted by Gasteiger charge is 2.36. The number of primary amides is 1. The third kappa shape index (κ3) is 3.10. The van der Waals surface area contributed by atoms with Gasteiger partial charge in [-0.25, -0.2) is 4.98 Å². The number of hydrogen-bond acceptors (Lipinski definition) is 4. The molecule has 5 nitrogen and oxygen atoms in total. The summed E-state index contributed by atoms with van der Waals surface area (Å²) < 4.78 is 38.4. The summed E-state index contributed by atoms with van der Waals surface area (Å²) in [5.74, 6) is -0.646. The van der Waals surface area contributed by atoms with Gasteiger partial charge in [0.25, 0.3) is 5.91 Å². The van der Waals surface area contributed by atoms with Crippen LogP contribution in [0, 0.1) is 5.92 Å². The van der Waals surface area contributed by atoms with Crippen molar-refractivity contribution in [1.82, 2.24) is 4.98 Å². The zero-order valence-electron chi connectivity index (χ0n) is 11.5. The number of hydrogen-bond donors (Lipinski definition) is 2. The molecule has 0 bridgehead atoms. The Balaban J connectivity index is 2.47. The van der Waals surface area contributed by atoms with E-state index in [2.05, 4.69) is 4.98 Å². The molecule has 0 saturated carbocycles. The number of anilines is 1. The summed E-state index contributed by atoms with van der Waals surface area (Å²) in [7, 11) is 0. The highest BCUT2D eigenvalue weighted by Crippen LogP contribution is 2.34. The van der Waals surface area contributed by atoms with E-state index < -0.39 is 17.8 Å². The predicted molar refractivity (Wildman–Crippen MR) is 71.7 cm³/mol. The second-order valence-electron chi connectivity index (χ2n) is 5.27. The van der Waals surface area contributed by atoms with Crippen LogP contribution < -0.4 is 16.4 Å². The number of carbonyl (C=O) groups excluding carboxylic acids is 1. The van der Waals surface area contributed by atoms with Crippen molar-refractivity contribution < 1.29 is 18.0 Å². The zero-order chi connectivity index (χ0) is 15.8. The molecule has 1 fully saturated rings. The highest BCUT2D eigenvalue weighted by molar-refractivity contribution is 5.97. The van der Waals surface area contributed by atoms with Gasteiger partial charge in [0.05, 0.1) is 5.56 Å². The molecule has 8 heteroatoms. The van der Waals surface area contributed by atoms with Crippen molar-refractivity contribution >= 4 is 11.7 Å². The standard InChI is InChI=1S/C13H17F3N4O/c1-7-4-8(5-17)6-20(7)12-9(11(18)21)2-3-10(19-12)13(14,15)16/h2-3,7-8H,4-6,17H2,1H3,(H2,18,21). The first-order valence-electron chi connectivity index (χ1n) is 6.58. The average Bonchev–Trinajstić information content (AvgIpc) is 2.78. The Hall–Kier alpha value is -1.83. The molecule has 0 aliphatic carbocycles. The number of amides is 1. The van der Waals surface area contributed by atoms with E-state index in [1.807, 2.05) is 6.92 Å². The first-order chi connectivity index (χ1) is 9.74. The van der Waals surface area contributed by atoms with E-state index in [-0.39, 0.29) is 23.3 Å². The van der Waals surface area contributed by atoms with Gasteiger partial charge in [-0.3, -0.25) is 4.79 Å². The van der Waals surface area contributed by atoms with Crippen molar-refractivity contribution in [2.24, 2.45) is 17.4 Å². The monoisotopic (exact) mass is 302 g/mol. The third-order valence-corrected chi connectivity index (χ3v) is 3.70. The van der Waals surface area contributed by atoms with Crippen LogP contribution in [0.15, 0.2) is 12.1 Å². The molecule has 2 heterocycles. The fourth-order valence-corrected chi connectivity index (χ4v) is 2.63.